The van der Waals surface area contributed by atoms with Crippen LogP contribution in [0.3, 0.4) is 0 Å². The molecule has 4 nitrogen and oxygen atoms in total. The maximum Gasteiger partial charge on any atom is 0.228 e. The Bertz CT molecular complexity index is 610. The number of hydrogen-bond donors (Lipinski definition) is 0. The van der Waals surface area contributed by atoms with Crippen LogP contribution in [0.4, 0.5) is 0 Å². The molecule has 0 unspecified atom stereocenters. The fourth-order valence-corrected chi connectivity index (χ4v) is 2.89. The molecule has 1 amide bonds. The molecular weight excluding hydrogens is 302 g/mol. The summed E-state index contributed by atoms with van der Waals surface area (Å²) in [7, 11) is 0. The van der Waals surface area contributed by atoms with Crippen LogP contribution in [0.15, 0.2) is 60.7 Å². The fraction of sp³-hybridized carbons (Fsp3) is 0.350. The molecule has 0 saturated carbocycles. The molecule has 0 spiro atoms. The molecule has 1 aliphatic rings. The van der Waals surface area contributed by atoms with Crippen LogP contribution in [0, 0.1) is 0 Å². The van der Waals surface area contributed by atoms with Crippen molar-refractivity contribution in [1.29, 1.82) is 0 Å². The Morgan fingerprint density at radius 2 is 1.38 bits per heavy atom. The predicted octanol–water partition coefficient (Wildman–Crippen LogP) is 3.37. The van der Waals surface area contributed by atoms with E-state index in [1.54, 1.807) is 0 Å². The molecule has 0 aliphatic carbocycles. The van der Waals surface area contributed by atoms with Gasteiger partial charge in [-0.3, -0.25) is 4.79 Å². The van der Waals surface area contributed by atoms with Gasteiger partial charge < -0.3 is 14.4 Å². The van der Waals surface area contributed by atoms with Crippen LogP contribution in [0.1, 0.15) is 24.5 Å². The molecular formula is C20H23NO3. The van der Waals surface area contributed by atoms with E-state index in [1.807, 2.05) is 72.5 Å². The smallest absolute Gasteiger partial charge is 0.228 e. The minimum Gasteiger partial charge on any atom is -0.347 e. The van der Waals surface area contributed by atoms with Crippen molar-refractivity contribution >= 4 is 5.91 Å². The maximum atomic E-state index is 12.9. The molecule has 0 aromatic heterocycles. The Labute approximate surface area is 143 Å². The minimum atomic E-state index is -0.803. The van der Waals surface area contributed by atoms with E-state index in [-0.39, 0.29) is 12.3 Å². The third-order valence-corrected chi connectivity index (χ3v) is 4.16. The molecule has 2 aromatic carbocycles. The van der Waals surface area contributed by atoms with E-state index in [2.05, 4.69) is 0 Å². The number of hydrogen-bond acceptors (Lipinski definition) is 3. The number of ether oxygens (including phenoxy) is 2. The lowest BCUT2D eigenvalue weighted by molar-refractivity contribution is -0.167. The number of nitrogens with zero attached hydrogens (tertiary/aromatic N) is 1. The van der Waals surface area contributed by atoms with Gasteiger partial charge in [0.2, 0.25) is 5.91 Å². The van der Waals surface area contributed by atoms with Gasteiger partial charge in [-0.15, -0.1) is 0 Å². The largest absolute Gasteiger partial charge is 0.347 e. The van der Waals surface area contributed by atoms with Crippen LogP contribution in [-0.2, 0) is 27.4 Å². The summed E-state index contributed by atoms with van der Waals surface area (Å²) >= 11 is 0. The van der Waals surface area contributed by atoms with Crippen molar-refractivity contribution in [3.8, 4) is 0 Å². The van der Waals surface area contributed by atoms with Crippen molar-refractivity contribution in [2.75, 3.05) is 13.2 Å². The average Bonchev–Trinajstić information content (AvgIpc) is 3.02. The van der Waals surface area contributed by atoms with Gasteiger partial charge in [0, 0.05) is 13.1 Å². The van der Waals surface area contributed by atoms with Crippen LogP contribution in [0.2, 0.25) is 0 Å². The van der Waals surface area contributed by atoms with Crippen LogP contribution in [0.25, 0.3) is 0 Å². The highest BCUT2D eigenvalue weighted by molar-refractivity contribution is 5.77. The minimum absolute atomic E-state index is 0.0344. The molecule has 1 saturated heterocycles. The van der Waals surface area contributed by atoms with Gasteiger partial charge in [0.25, 0.3) is 0 Å². The second-order valence-electron chi connectivity index (χ2n) is 6.23. The molecule has 24 heavy (non-hydrogen) atoms. The highest BCUT2D eigenvalue weighted by atomic mass is 16.7. The molecule has 0 atom stereocenters. The van der Waals surface area contributed by atoms with E-state index in [0.717, 1.165) is 11.1 Å². The second-order valence-corrected chi connectivity index (χ2v) is 6.23. The summed E-state index contributed by atoms with van der Waals surface area (Å²) in [5.74, 6) is -0.769. The van der Waals surface area contributed by atoms with Crippen LogP contribution in [0.5, 0.6) is 0 Å². The van der Waals surface area contributed by atoms with Crippen LogP contribution < -0.4 is 0 Å². The first-order valence-corrected chi connectivity index (χ1v) is 8.28. The number of benzene rings is 2. The molecule has 1 heterocycles. The number of carbonyl (C=O) groups is 1. The molecule has 126 valence electrons. The zero-order chi connectivity index (χ0) is 16.8. The van der Waals surface area contributed by atoms with Gasteiger partial charge in [0.1, 0.15) is 0 Å². The monoisotopic (exact) mass is 325 g/mol. The summed E-state index contributed by atoms with van der Waals surface area (Å²) < 4.78 is 11.2. The van der Waals surface area contributed by atoms with E-state index in [1.165, 1.54) is 0 Å². The van der Waals surface area contributed by atoms with Gasteiger partial charge >= 0.3 is 0 Å². The van der Waals surface area contributed by atoms with Gasteiger partial charge in [-0.05, 0) is 18.1 Å². The van der Waals surface area contributed by atoms with Gasteiger partial charge in [-0.2, -0.15) is 0 Å². The Kier molecular flexibility index (Phi) is 5.28. The summed E-state index contributed by atoms with van der Waals surface area (Å²) in [5, 5.41) is 0. The van der Waals surface area contributed by atoms with E-state index in [9.17, 15) is 4.79 Å². The van der Waals surface area contributed by atoms with Gasteiger partial charge in [0.05, 0.1) is 19.6 Å². The van der Waals surface area contributed by atoms with Gasteiger partial charge in [0.15, 0.2) is 5.79 Å². The molecule has 0 bridgehead atoms. The lowest BCUT2D eigenvalue weighted by Crippen LogP contribution is -2.38. The third-order valence-electron chi connectivity index (χ3n) is 4.16. The second kappa shape index (κ2) is 7.60. The van der Waals surface area contributed by atoms with Gasteiger partial charge in [-0.25, -0.2) is 0 Å². The fourth-order valence-electron chi connectivity index (χ4n) is 2.89. The first-order valence-electron chi connectivity index (χ1n) is 8.28. The highest BCUT2D eigenvalue weighted by Crippen LogP contribution is 2.24. The van der Waals surface area contributed by atoms with E-state index in [4.69, 9.17) is 9.47 Å². The lowest BCUT2D eigenvalue weighted by atomic mass is 10.1. The summed E-state index contributed by atoms with van der Waals surface area (Å²) in [5.41, 5.74) is 2.22. The summed E-state index contributed by atoms with van der Waals surface area (Å²) in [4.78, 5) is 14.7. The average molecular weight is 325 g/mol. The van der Waals surface area contributed by atoms with Crippen molar-refractivity contribution in [3.05, 3.63) is 71.8 Å². The van der Waals surface area contributed by atoms with Crippen molar-refractivity contribution in [2.24, 2.45) is 0 Å². The third kappa shape index (κ3) is 4.43. The molecule has 0 radical (unpaired) electrons. The number of amides is 1. The summed E-state index contributed by atoms with van der Waals surface area (Å²) in [6, 6.07) is 20.1. The maximum absolute atomic E-state index is 12.9. The van der Waals surface area contributed by atoms with Crippen LogP contribution >= 0.6 is 0 Å². The Hall–Kier alpha value is -2.17. The van der Waals surface area contributed by atoms with Gasteiger partial charge in [-0.1, -0.05) is 60.7 Å². The quantitative estimate of drug-likeness (QED) is 0.817. The van der Waals surface area contributed by atoms with Crippen LogP contribution in [-0.4, -0.2) is 29.8 Å². The SMILES string of the molecule is CC1(CC(=O)N(Cc2ccccc2)Cc2ccccc2)OCCO1. The summed E-state index contributed by atoms with van der Waals surface area (Å²) in [6.07, 6.45) is 0.229. The zero-order valence-electron chi connectivity index (χ0n) is 14.0. The molecule has 2 aromatic rings. The lowest BCUT2D eigenvalue weighted by Gasteiger charge is -2.28. The molecule has 0 N–H and O–H groups in total. The van der Waals surface area contributed by atoms with E-state index < -0.39 is 5.79 Å². The van der Waals surface area contributed by atoms with Crippen molar-refractivity contribution in [1.82, 2.24) is 4.90 Å². The first-order chi connectivity index (χ1) is 11.6. The van der Waals surface area contributed by atoms with E-state index >= 15 is 0 Å². The molecule has 1 fully saturated rings. The Morgan fingerprint density at radius 1 is 0.917 bits per heavy atom. The molecule has 1 aliphatic heterocycles. The number of carbonyl (C=O) groups excluding carboxylic acids is 1. The van der Waals surface area contributed by atoms with E-state index in [0.29, 0.717) is 26.3 Å². The predicted molar refractivity (Wildman–Crippen MR) is 92.1 cm³/mol. The van der Waals surface area contributed by atoms with Crippen molar-refractivity contribution in [3.63, 3.8) is 0 Å². The first kappa shape index (κ1) is 16.7. The summed E-state index contributed by atoms with van der Waals surface area (Å²) in [6.45, 7) is 4.07. The van der Waals surface area contributed by atoms with Crippen molar-refractivity contribution < 1.29 is 14.3 Å². The molecule has 4 heteroatoms. The normalized spacial score (nSPS) is 16.0. The molecule has 3 rings (SSSR count). The van der Waals surface area contributed by atoms with Crippen molar-refractivity contribution in [2.45, 2.75) is 32.2 Å². The topological polar surface area (TPSA) is 38.8 Å². The Morgan fingerprint density at radius 3 is 1.83 bits per heavy atom. The highest BCUT2D eigenvalue weighted by Gasteiger charge is 2.35. The number of rotatable bonds is 6. The standard InChI is InChI=1S/C20H23NO3/c1-20(23-12-13-24-20)14-19(22)21(15-17-8-4-2-5-9-17)16-18-10-6-3-7-11-18/h2-11H,12-16H2,1H3. The Balaban J connectivity index is 1.74. The zero-order valence-corrected chi connectivity index (χ0v) is 14.0.